The third-order valence-electron chi connectivity index (χ3n) is 1.86. The number of anilines is 1. The number of hydrogen-bond donors (Lipinski definition) is 1. The lowest BCUT2D eigenvalue weighted by Gasteiger charge is -2.11. The van der Waals surface area contributed by atoms with Gasteiger partial charge in [-0.15, -0.1) is 6.58 Å². The highest BCUT2D eigenvalue weighted by molar-refractivity contribution is 5.48. The summed E-state index contributed by atoms with van der Waals surface area (Å²) in [5.41, 5.74) is 1.58. The Morgan fingerprint density at radius 3 is 2.85 bits per heavy atom. The largest absolute Gasteiger partial charge is 0.377 e. The average Bonchev–Trinajstić information content (AvgIpc) is 2.11. The van der Waals surface area contributed by atoms with Gasteiger partial charge in [-0.3, -0.25) is 0 Å². The van der Waals surface area contributed by atoms with Gasteiger partial charge in [-0.05, 0) is 31.5 Å². The fraction of sp³-hybridized carbons (Fsp3) is 0.273. The lowest BCUT2D eigenvalue weighted by Crippen LogP contribution is -2.12. The van der Waals surface area contributed by atoms with E-state index in [0.29, 0.717) is 5.69 Å². The Bertz CT molecular complexity index is 307. The highest BCUT2D eigenvalue weighted by atomic mass is 19.1. The van der Waals surface area contributed by atoms with Gasteiger partial charge in [-0.25, -0.2) is 4.39 Å². The van der Waals surface area contributed by atoms with E-state index in [9.17, 15) is 4.39 Å². The van der Waals surface area contributed by atoms with E-state index in [-0.39, 0.29) is 11.9 Å². The minimum Gasteiger partial charge on any atom is -0.377 e. The molecule has 1 nitrogen and oxygen atoms in total. The molecule has 0 aliphatic rings. The van der Waals surface area contributed by atoms with Crippen LogP contribution in [0.3, 0.4) is 0 Å². The van der Waals surface area contributed by atoms with Gasteiger partial charge in [-0.1, -0.05) is 12.1 Å². The molecule has 0 radical (unpaired) electrons. The maximum absolute atomic E-state index is 13.2. The highest BCUT2D eigenvalue weighted by Gasteiger charge is 2.03. The van der Waals surface area contributed by atoms with E-state index in [1.165, 1.54) is 6.07 Å². The van der Waals surface area contributed by atoms with Crippen molar-refractivity contribution in [1.29, 1.82) is 0 Å². The van der Waals surface area contributed by atoms with Crippen molar-refractivity contribution in [2.75, 3.05) is 5.32 Å². The molecule has 0 aliphatic carbocycles. The number of hydrogen-bond acceptors (Lipinski definition) is 1. The zero-order valence-electron chi connectivity index (χ0n) is 7.97. The highest BCUT2D eigenvalue weighted by Crippen LogP contribution is 2.16. The maximum atomic E-state index is 13.2. The van der Waals surface area contributed by atoms with Crippen LogP contribution in [-0.4, -0.2) is 6.04 Å². The summed E-state index contributed by atoms with van der Waals surface area (Å²) in [5.74, 6) is -0.223. The number of aryl methyl sites for hydroxylation is 1. The van der Waals surface area contributed by atoms with Gasteiger partial charge in [0.15, 0.2) is 0 Å². The van der Waals surface area contributed by atoms with Crippen molar-refractivity contribution in [3.63, 3.8) is 0 Å². The molecule has 0 saturated carbocycles. The van der Waals surface area contributed by atoms with Gasteiger partial charge in [0.25, 0.3) is 0 Å². The van der Waals surface area contributed by atoms with E-state index < -0.39 is 0 Å². The van der Waals surface area contributed by atoms with Gasteiger partial charge >= 0.3 is 0 Å². The van der Waals surface area contributed by atoms with Crippen molar-refractivity contribution in [3.05, 3.63) is 42.2 Å². The predicted octanol–water partition coefficient (Wildman–Crippen LogP) is 3.12. The van der Waals surface area contributed by atoms with Gasteiger partial charge in [0, 0.05) is 6.04 Å². The molecule has 1 aromatic rings. The third-order valence-corrected chi connectivity index (χ3v) is 1.86. The van der Waals surface area contributed by atoms with Crippen molar-refractivity contribution in [1.82, 2.24) is 0 Å². The zero-order valence-corrected chi connectivity index (χ0v) is 7.97. The second-order valence-corrected chi connectivity index (χ2v) is 3.15. The maximum Gasteiger partial charge on any atom is 0.146 e. The molecule has 1 N–H and O–H groups in total. The van der Waals surface area contributed by atoms with Crippen molar-refractivity contribution < 1.29 is 4.39 Å². The van der Waals surface area contributed by atoms with Crippen molar-refractivity contribution in [2.45, 2.75) is 19.9 Å². The van der Waals surface area contributed by atoms with E-state index in [0.717, 1.165) is 5.56 Å². The number of nitrogens with one attached hydrogen (secondary N) is 1. The third kappa shape index (κ3) is 2.58. The summed E-state index contributed by atoms with van der Waals surface area (Å²) in [6.07, 6.45) is 1.74. The van der Waals surface area contributed by atoms with E-state index in [1.807, 2.05) is 13.8 Å². The van der Waals surface area contributed by atoms with E-state index in [1.54, 1.807) is 18.2 Å². The monoisotopic (exact) mass is 179 g/mol. The Morgan fingerprint density at radius 2 is 2.23 bits per heavy atom. The SMILES string of the molecule is C=CC(C)Nc1cc(C)ccc1F. The minimum absolute atomic E-state index is 0.0799. The van der Waals surface area contributed by atoms with Crippen LogP contribution in [0, 0.1) is 12.7 Å². The van der Waals surface area contributed by atoms with Crippen LogP contribution in [0.1, 0.15) is 12.5 Å². The van der Waals surface area contributed by atoms with Gasteiger partial charge < -0.3 is 5.32 Å². The van der Waals surface area contributed by atoms with Crippen molar-refractivity contribution in [2.24, 2.45) is 0 Å². The second-order valence-electron chi connectivity index (χ2n) is 3.15. The number of halogens is 1. The molecule has 1 unspecified atom stereocenters. The minimum atomic E-state index is -0.223. The summed E-state index contributed by atoms with van der Waals surface area (Å²) in [6.45, 7) is 7.48. The fourth-order valence-corrected chi connectivity index (χ4v) is 1.05. The number of benzene rings is 1. The molecule has 0 spiro atoms. The first-order valence-electron chi connectivity index (χ1n) is 4.28. The van der Waals surface area contributed by atoms with Gasteiger partial charge in [0.05, 0.1) is 5.69 Å². The Labute approximate surface area is 78.3 Å². The summed E-state index contributed by atoms with van der Waals surface area (Å²) >= 11 is 0. The first-order chi connectivity index (χ1) is 6.13. The molecule has 0 aliphatic heterocycles. The smallest absolute Gasteiger partial charge is 0.146 e. The van der Waals surface area contributed by atoms with Crippen LogP contribution in [0.2, 0.25) is 0 Å². The summed E-state index contributed by atoms with van der Waals surface area (Å²) < 4.78 is 13.2. The Morgan fingerprint density at radius 1 is 1.54 bits per heavy atom. The molecule has 70 valence electrons. The van der Waals surface area contributed by atoms with Crippen molar-refractivity contribution in [3.8, 4) is 0 Å². The first kappa shape index (κ1) is 9.78. The van der Waals surface area contributed by atoms with Crippen LogP contribution in [0.4, 0.5) is 10.1 Å². The van der Waals surface area contributed by atoms with E-state index in [2.05, 4.69) is 11.9 Å². The van der Waals surface area contributed by atoms with Crippen molar-refractivity contribution >= 4 is 5.69 Å². The second kappa shape index (κ2) is 4.08. The molecule has 0 heterocycles. The van der Waals surface area contributed by atoms with Gasteiger partial charge in [-0.2, -0.15) is 0 Å². The Balaban J connectivity index is 2.86. The summed E-state index contributed by atoms with van der Waals surface area (Å²) in [7, 11) is 0. The molecule has 0 aromatic heterocycles. The zero-order chi connectivity index (χ0) is 9.84. The molecule has 1 atom stereocenters. The first-order valence-corrected chi connectivity index (χ1v) is 4.28. The van der Waals surface area contributed by atoms with Crippen LogP contribution in [0.25, 0.3) is 0 Å². The van der Waals surface area contributed by atoms with E-state index in [4.69, 9.17) is 0 Å². The molecule has 0 fully saturated rings. The predicted molar refractivity (Wildman–Crippen MR) is 54.4 cm³/mol. The van der Waals surface area contributed by atoms with E-state index >= 15 is 0 Å². The molecule has 1 aromatic carbocycles. The average molecular weight is 179 g/mol. The van der Waals surface area contributed by atoms with Crippen LogP contribution in [-0.2, 0) is 0 Å². The molecular weight excluding hydrogens is 165 g/mol. The molecule has 1 rings (SSSR count). The molecule has 2 heteroatoms. The Hall–Kier alpha value is -1.31. The fourth-order valence-electron chi connectivity index (χ4n) is 1.05. The molecule has 13 heavy (non-hydrogen) atoms. The quantitative estimate of drug-likeness (QED) is 0.703. The summed E-state index contributed by atoms with van der Waals surface area (Å²) in [4.78, 5) is 0. The van der Waals surface area contributed by atoms with Gasteiger partial charge in [0.2, 0.25) is 0 Å². The standard InChI is InChI=1S/C11H14FN/c1-4-9(3)13-11-7-8(2)5-6-10(11)12/h4-7,9,13H,1H2,2-3H3. The normalized spacial score (nSPS) is 12.2. The lowest BCUT2D eigenvalue weighted by atomic mass is 10.2. The molecule has 0 saturated heterocycles. The summed E-state index contributed by atoms with van der Waals surface area (Å²) in [5, 5.41) is 3.01. The van der Waals surface area contributed by atoms with Crippen LogP contribution in [0.5, 0.6) is 0 Å². The Kier molecular flexibility index (Phi) is 3.07. The molecule has 0 bridgehead atoms. The number of rotatable bonds is 3. The topological polar surface area (TPSA) is 12.0 Å². The molecule has 0 amide bonds. The summed E-state index contributed by atoms with van der Waals surface area (Å²) in [6, 6.07) is 5.08. The van der Waals surface area contributed by atoms with Gasteiger partial charge in [0.1, 0.15) is 5.82 Å². The van der Waals surface area contributed by atoms with Crippen LogP contribution >= 0.6 is 0 Å². The van der Waals surface area contributed by atoms with Crippen LogP contribution < -0.4 is 5.32 Å². The lowest BCUT2D eigenvalue weighted by molar-refractivity contribution is 0.628. The van der Waals surface area contributed by atoms with Crippen LogP contribution in [0.15, 0.2) is 30.9 Å². The molecular formula is C11H14FN.